The van der Waals surface area contributed by atoms with E-state index < -0.39 is 75.2 Å². The van der Waals surface area contributed by atoms with Crippen molar-refractivity contribution in [3.05, 3.63) is 29.3 Å². The normalized spacial score (nSPS) is 31.9. The fourth-order valence-corrected chi connectivity index (χ4v) is 5.99. The number of aliphatic hydroxyl groups excluding tert-OH is 4. The van der Waals surface area contributed by atoms with Crippen molar-refractivity contribution in [1.29, 1.82) is 0 Å². The van der Waals surface area contributed by atoms with Gasteiger partial charge in [-0.1, -0.05) is 5.92 Å². The molecule has 0 aromatic carbocycles. The van der Waals surface area contributed by atoms with Crippen LogP contribution in [0, 0.1) is 12.3 Å². The van der Waals surface area contributed by atoms with Crippen LogP contribution in [0.5, 0.6) is 0 Å². The Morgan fingerprint density at radius 1 is 1.09 bits per heavy atom. The van der Waals surface area contributed by atoms with E-state index in [-0.39, 0.29) is 34.1 Å². The second-order valence-electron chi connectivity index (χ2n) is 9.89. The molecule has 9 atom stereocenters. The van der Waals surface area contributed by atoms with Gasteiger partial charge < -0.3 is 46.3 Å². The summed E-state index contributed by atoms with van der Waals surface area (Å²) in [6.45, 7) is -1.72. The molecule has 44 heavy (non-hydrogen) atoms. The predicted octanol–water partition coefficient (Wildman–Crippen LogP) is -3.50. The number of imidazole rings is 2. The summed E-state index contributed by atoms with van der Waals surface area (Å²) in [4.78, 5) is 45.0. The number of ether oxygens (including phenoxy) is 2. The molecular formula is C22H25N10O11P. The molecular weight excluding hydrogens is 611 g/mol. The Balaban J connectivity index is 1.24. The van der Waals surface area contributed by atoms with E-state index in [2.05, 4.69) is 35.8 Å². The Bertz CT molecular complexity index is 1870. The molecule has 2 aliphatic heterocycles. The van der Waals surface area contributed by atoms with Gasteiger partial charge in [0, 0.05) is 0 Å². The van der Waals surface area contributed by atoms with Crippen LogP contribution in [0.4, 0.5) is 11.8 Å². The molecule has 22 heteroatoms. The molecule has 6 heterocycles. The molecule has 0 saturated carbocycles. The molecule has 2 saturated heterocycles. The minimum atomic E-state index is -5.21. The summed E-state index contributed by atoms with van der Waals surface area (Å²) in [6, 6.07) is 0. The number of aliphatic hydroxyl groups is 4. The van der Waals surface area contributed by atoms with E-state index in [1.165, 1.54) is 10.9 Å². The highest BCUT2D eigenvalue weighted by Gasteiger charge is 2.56. The van der Waals surface area contributed by atoms with Crippen LogP contribution in [0.3, 0.4) is 0 Å². The summed E-state index contributed by atoms with van der Waals surface area (Å²) >= 11 is 0. The number of nitrogens with two attached hydrogens (primary N) is 2. The number of nitrogen functional groups attached to an aromatic ring is 2. The predicted molar refractivity (Wildman–Crippen MR) is 144 cm³/mol. The average molecular weight is 636 g/mol. The Morgan fingerprint density at radius 3 is 2.50 bits per heavy atom. The van der Waals surface area contributed by atoms with Gasteiger partial charge in [0.15, 0.2) is 40.7 Å². The lowest BCUT2D eigenvalue weighted by molar-refractivity contribution is -0.0943. The van der Waals surface area contributed by atoms with E-state index >= 15 is 0 Å². The standard InChI is InChI=1S/C22H25N10O11P/c1-2-22(14(36)12(35)19(42-22)31-6-27-9-15(23)25-5-26-16(9)31)4-40-44(38,39)43-13-11(34)8(3-33)41-20(13)32-7-28-10-17(32)29-21(24)30-18(10)37/h1,5-8,11-14,19-20,33-36H,3-4H2,(H,38,39)(H2,23,25,26)(H3,24,29,30,37)/t8-,11?,12?,13?,14?,19-,20-,22-/m1/s1. The van der Waals surface area contributed by atoms with Gasteiger partial charge in [-0.3, -0.25) is 28.0 Å². The number of phosphoric ester groups is 1. The molecule has 4 aromatic heterocycles. The lowest BCUT2D eigenvalue weighted by Crippen LogP contribution is -2.45. The Hall–Kier alpha value is -4.07. The number of nitrogens with one attached hydrogen (secondary N) is 1. The zero-order valence-electron chi connectivity index (χ0n) is 22.2. The summed E-state index contributed by atoms with van der Waals surface area (Å²) in [7, 11) is -5.21. The number of nitrogens with zero attached hydrogens (tertiary/aromatic N) is 7. The molecule has 0 aliphatic carbocycles. The van der Waals surface area contributed by atoms with Crippen molar-refractivity contribution in [2.45, 2.75) is 48.6 Å². The first-order chi connectivity index (χ1) is 20.9. The van der Waals surface area contributed by atoms with Crippen molar-refractivity contribution < 1.29 is 48.4 Å². The molecule has 10 N–H and O–H groups in total. The topological polar surface area (TPSA) is 314 Å². The van der Waals surface area contributed by atoms with Crippen molar-refractivity contribution in [1.82, 2.24) is 39.0 Å². The van der Waals surface area contributed by atoms with Crippen LogP contribution in [0.1, 0.15) is 12.5 Å². The van der Waals surface area contributed by atoms with E-state index in [0.717, 1.165) is 17.2 Å². The summed E-state index contributed by atoms with van der Waals surface area (Å²) < 4.78 is 37.3. The summed E-state index contributed by atoms with van der Waals surface area (Å²) in [6.07, 6.45) is -2.01. The second kappa shape index (κ2) is 10.8. The highest BCUT2D eigenvalue weighted by atomic mass is 31.2. The first-order valence-corrected chi connectivity index (χ1v) is 14.2. The molecule has 5 unspecified atom stereocenters. The van der Waals surface area contributed by atoms with Crippen LogP contribution >= 0.6 is 7.82 Å². The smallest absolute Gasteiger partial charge is 0.394 e. The molecule has 21 nitrogen and oxygen atoms in total. The molecule has 0 bridgehead atoms. The van der Waals surface area contributed by atoms with Gasteiger partial charge in [-0.25, -0.2) is 24.5 Å². The van der Waals surface area contributed by atoms with Gasteiger partial charge in [-0.15, -0.1) is 6.42 Å². The first-order valence-electron chi connectivity index (χ1n) is 12.7. The molecule has 4 aromatic rings. The minimum Gasteiger partial charge on any atom is -0.394 e. The van der Waals surface area contributed by atoms with Gasteiger partial charge in [0.25, 0.3) is 5.56 Å². The van der Waals surface area contributed by atoms with E-state index in [1.54, 1.807) is 0 Å². The molecule has 0 radical (unpaired) electrons. The lowest BCUT2D eigenvalue weighted by atomic mass is 9.97. The van der Waals surface area contributed by atoms with Crippen LogP contribution in [0.2, 0.25) is 0 Å². The van der Waals surface area contributed by atoms with E-state index in [1.807, 2.05) is 0 Å². The van der Waals surface area contributed by atoms with Crippen LogP contribution < -0.4 is 17.0 Å². The van der Waals surface area contributed by atoms with Crippen LogP contribution in [0.25, 0.3) is 22.3 Å². The van der Waals surface area contributed by atoms with Crippen molar-refractivity contribution in [2.24, 2.45) is 0 Å². The van der Waals surface area contributed by atoms with Gasteiger partial charge in [0.1, 0.15) is 49.0 Å². The highest BCUT2D eigenvalue weighted by molar-refractivity contribution is 7.47. The van der Waals surface area contributed by atoms with Gasteiger partial charge in [0.2, 0.25) is 5.95 Å². The number of rotatable bonds is 8. The summed E-state index contributed by atoms with van der Waals surface area (Å²) in [5.74, 6) is 1.92. The van der Waals surface area contributed by atoms with Gasteiger partial charge in [-0.05, 0) is 0 Å². The number of hydrogen-bond donors (Lipinski definition) is 8. The van der Waals surface area contributed by atoms with E-state index in [4.69, 9.17) is 36.4 Å². The van der Waals surface area contributed by atoms with Gasteiger partial charge >= 0.3 is 7.82 Å². The number of anilines is 2. The summed E-state index contributed by atoms with van der Waals surface area (Å²) in [5.41, 5.74) is 8.60. The number of aromatic nitrogens is 8. The van der Waals surface area contributed by atoms with Crippen LogP contribution in [0.15, 0.2) is 23.8 Å². The number of terminal acetylenes is 1. The molecule has 0 amide bonds. The third-order valence-electron chi connectivity index (χ3n) is 7.24. The van der Waals surface area contributed by atoms with Gasteiger partial charge in [0.05, 0.1) is 19.3 Å². The van der Waals surface area contributed by atoms with Crippen LogP contribution in [-0.2, 0) is 23.1 Å². The molecule has 6 rings (SSSR count). The lowest BCUT2D eigenvalue weighted by Gasteiger charge is -2.28. The maximum atomic E-state index is 13.2. The Morgan fingerprint density at radius 2 is 1.80 bits per heavy atom. The quantitative estimate of drug-likeness (QED) is 0.0687. The Kier molecular flexibility index (Phi) is 7.38. The van der Waals surface area contributed by atoms with Crippen molar-refractivity contribution in [3.8, 4) is 12.3 Å². The number of fused-ring (bicyclic) bond motifs is 2. The fraction of sp³-hybridized carbons (Fsp3) is 0.455. The average Bonchev–Trinajstić information content (AvgIpc) is 3.73. The maximum absolute atomic E-state index is 13.2. The van der Waals surface area contributed by atoms with E-state index in [9.17, 15) is 34.7 Å². The second-order valence-corrected chi connectivity index (χ2v) is 11.3. The summed E-state index contributed by atoms with van der Waals surface area (Å²) in [5, 5.41) is 42.1. The molecule has 2 fully saturated rings. The third kappa shape index (κ3) is 4.79. The molecule has 2 aliphatic rings. The van der Waals surface area contributed by atoms with Crippen LogP contribution in [-0.4, -0.2) is 114 Å². The third-order valence-corrected chi connectivity index (χ3v) is 8.21. The largest absolute Gasteiger partial charge is 0.472 e. The van der Waals surface area contributed by atoms with Crippen molar-refractivity contribution in [3.63, 3.8) is 0 Å². The number of aromatic amines is 1. The number of hydrogen-bond acceptors (Lipinski definition) is 17. The zero-order chi connectivity index (χ0) is 31.6. The minimum absolute atomic E-state index is 0.0428. The highest BCUT2D eigenvalue weighted by Crippen LogP contribution is 2.51. The maximum Gasteiger partial charge on any atom is 0.472 e. The van der Waals surface area contributed by atoms with Gasteiger partial charge in [-0.2, -0.15) is 4.98 Å². The zero-order valence-corrected chi connectivity index (χ0v) is 23.1. The Labute approximate surface area is 244 Å². The molecule has 0 spiro atoms. The number of H-pyrrole nitrogens is 1. The van der Waals surface area contributed by atoms with E-state index in [0.29, 0.717) is 0 Å². The van der Waals surface area contributed by atoms with Crippen molar-refractivity contribution >= 4 is 41.9 Å². The number of phosphoric acid groups is 1. The molecule has 234 valence electrons. The SMILES string of the molecule is C#C[C@]1(COP(=O)(O)OC2C(O)[C@@H](CO)O[C@H]2n2cnc3c(=O)[nH]c(N)nc32)O[C@@H](n2cnc3c(N)ncnc32)C(O)C1O. The fourth-order valence-electron chi connectivity index (χ4n) is 5.04. The first kappa shape index (κ1) is 30.0. The monoisotopic (exact) mass is 636 g/mol. The van der Waals surface area contributed by atoms with Crippen molar-refractivity contribution in [2.75, 3.05) is 24.7 Å².